The summed E-state index contributed by atoms with van der Waals surface area (Å²) < 4.78 is 22.5. The van der Waals surface area contributed by atoms with Crippen molar-refractivity contribution in [3.63, 3.8) is 0 Å². The van der Waals surface area contributed by atoms with E-state index >= 15 is 0 Å². The average molecular weight is 406 g/mol. The van der Waals surface area contributed by atoms with Crippen LogP contribution in [0.15, 0.2) is 78.7 Å². The Bertz CT molecular complexity index is 1230. The molecule has 28 heavy (non-hydrogen) atoms. The molecule has 0 amide bonds. The van der Waals surface area contributed by atoms with Gasteiger partial charge in [0.2, 0.25) is 0 Å². The molecular formula is C20H10N2O4S2. The van der Waals surface area contributed by atoms with Crippen LogP contribution < -0.4 is 0 Å². The monoisotopic (exact) mass is 406 g/mol. The fraction of sp³-hybridized carbons (Fsp3) is 0. The number of aromatic nitrogens is 2. The van der Waals surface area contributed by atoms with Crippen LogP contribution in [0, 0.1) is 0 Å². The fourth-order valence-electron chi connectivity index (χ4n) is 2.86. The quantitative estimate of drug-likeness (QED) is 0.321. The Balaban J connectivity index is 1.32. The lowest BCUT2D eigenvalue weighted by molar-refractivity contribution is 0.531. The molecule has 0 bridgehead atoms. The zero-order valence-corrected chi connectivity index (χ0v) is 15.8. The molecular weight excluding hydrogens is 396 g/mol. The van der Waals surface area contributed by atoms with E-state index in [9.17, 15) is 0 Å². The van der Waals surface area contributed by atoms with E-state index in [4.69, 9.17) is 17.7 Å². The van der Waals surface area contributed by atoms with Crippen LogP contribution in [0.2, 0.25) is 0 Å². The molecule has 6 aromatic heterocycles. The number of rotatable bonds is 4. The number of hydrogen-bond acceptors (Lipinski definition) is 8. The summed E-state index contributed by atoms with van der Waals surface area (Å²) in [6, 6.07) is 14.9. The van der Waals surface area contributed by atoms with Crippen LogP contribution >= 0.6 is 22.7 Å². The molecule has 0 fully saturated rings. The van der Waals surface area contributed by atoms with Crippen molar-refractivity contribution in [2.24, 2.45) is 0 Å². The summed E-state index contributed by atoms with van der Waals surface area (Å²) in [4.78, 5) is 11.0. The first-order valence-electron chi connectivity index (χ1n) is 8.39. The summed E-state index contributed by atoms with van der Waals surface area (Å²) in [6.07, 6.45) is 3.24. The van der Waals surface area contributed by atoms with Crippen LogP contribution in [0.1, 0.15) is 0 Å². The predicted octanol–water partition coefficient (Wildman–Crippen LogP) is 6.79. The highest BCUT2D eigenvalue weighted by Gasteiger charge is 2.18. The number of fused-ring (bicyclic) bond motifs is 1. The summed E-state index contributed by atoms with van der Waals surface area (Å²) in [5.74, 6) is 4.12. The highest BCUT2D eigenvalue weighted by atomic mass is 32.1. The Kier molecular flexibility index (Phi) is 3.40. The third-order valence-electron chi connectivity index (χ3n) is 4.14. The van der Waals surface area contributed by atoms with Gasteiger partial charge in [-0.1, -0.05) is 22.7 Å². The van der Waals surface area contributed by atoms with Gasteiger partial charge in [0.05, 0.1) is 12.5 Å². The minimum Gasteiger partial charge on any atom is -0.461 e. The van der Waals surface area contributed by atoms with Gasteiger partial charge < -0.3 is 17.7 Å². The van der Waals surface area contributed by atoms with Gasteiger partial charge in [0, 0.05) is 0 Å². The molecule has 0 saturated carbocycles. The molecule has 0 aliphatic carbocycles. The van der Waals surface area contributed by atoms with Crippen LogP contribution in [0.3, 0.4) is 0 Å². The molecule has 6 heterocycles. The second kappa shape index (κ2) is 6.08. The standard InChI is InChI=1S/C20H10N2O4S2/c1-3-11(23-9-1)13-5-7-15(25-13)17-21-19-20(27-17)22-18(28-19)16-8-6-14(26-16)12-4-2-10-24-12/h1-10H. The van der Waals surface area contributed by atoms with Crippen LogP contribution in [-0.2, 0) is 0 Å². The van der Waals surface area contributed by atoms with Crippen molar-refractivity contribution >= 4 is 32.3 Å². The molecule has 0 N–H and O–H groups in total. The third-order valence-corrected chi connectivity index (χ3v) is 6.19. The minimum absolute atomic E-state index is 0.674. The SMILES string of the molecule is c1coc(-c2ccc(-c3nc4sc(-c5ccc(-c6ccco6)o5)nc4s3)o2)c1. The number of hydrogen-bond donors (Lipinski definition) is 0. The molecule has 0 saturated heterocycles. The summed E-state index contributed by atoms with van der Waals surface area (Å²) in [5, 5.41) is 1.57. The summed E-state index contributed by atoms with van der Waals surface area (Å²) in [7, 11) is 0. The van der Waals surface area contributed by atoms with Gasteiger partial charge in [-0.05, 0) is 48.5 Å². The smallest absolute Gasteiger partial charge is 0.170 e. The molecule has 0 aliphatic rings. The normalized spacial score (nSPS) is 11.6. The first-order chi connectivity index (χ1) is 13.8. The molecule has 136 valence electrons. The maximum Gasteiger partial charge on any atom is 0.170 e. The van der Waals surface area contributed by atoms with Gasteiger partial charge in [0.1, 0.15) is 0 Å². The van der Waals surface area contributed by atoms with E-state index in [2.05, 4.69) is 9.97 Å². The molecule has 0 aromatic carbocycles. The Hall–Kier alpha value is -3.36. The van der Waals surface area contributed by atoms with Crippen molar-refractivity contribution in [1.82, 2.24) is 9.97 Å². The Morgan fingerprint density at radius 2 is 1.00 bits per heavy atom. The minimum atomic E-state index is 0.674. The Morgan fingerprint density at radius 1 is 0.536 bits per heavy atom. The van der Waals surface area contributed by atoms with Crippen molar-refractivity contribution in [3.05, 3.63) is 61.1 Å². The van der Waals surface area contributed by atoms with Crippen molar-refractivity contribution < 1.29 is 17.7 Å². The van der Waals surface area contributed by atoms with Gasteiger partial charge in [0.15, 0.2) is 54.2 Å². The fourth-order valence-corrected chi connectivity index (χ4v) is 4.83. The second-order valence-electron chi connectivity index (χ2n) is 5.93. The largest absolute Gasteiger partial charge is 0.461 e. The van der Waals surface area contributed by atoms with Crippen molar-refractivity contribution in [1.29, 1.82) is 0 Å². The van der Waals surface area contributed by atoms with E-state index in [0.29, 0.717) is 34.6 Å². The first kappa shape index (κ1) is 15.7. The van der Waals surface area contributed by atoms with Gasteiger partial charge in [-0.25, -0.2) is 9.97 Å². The van der Waals surface area contributed by atoms with Crippen molar-refractivity contribution in [2.45, 2.75) is 0 Å². The highest BCUT2D eigenvalue weighted by Crippen LogP contribution is 2.39. The van der Waals surface area contributed by atoms with Crippen LogP contribution in [-0.4, -0.2) is 9.97 Å². The lowest BCUT2D eigenvalue weighted by Crippen LogP contribution is -1.70. The molecule has 6 nitrogen and oxygen atoms in total. The second-order valence-corrected chi connectivity index (χ2v) is 7.89. The molecule has 0 spiro atoms. The lowest BCUT2D eigenvalue weighted by atomic mass is 10.3. The summed E-state index contributed by atoms with van der Waals surface area (Å²) >= 11 is 2.97. The topological polar surface area (TPSA) is 78.3 Å². The Morgan fingerprint density at radius 3 is 1.43 bits per heavy atom. The van der Waals surface area contributed by atoms with Gasteiger partial charge >= 0.3 is 0 Å². The van der Waals surface area contributed by atoms with Gasteiger partial charge in [-0.15, -0.1) is 0 Å². The van der Waals surface area contributed by atoms with E-state index < -0.39 is 0 Å². The zero-order chi connectivity index (χ0) is 18.5. The third kappa shape index (κ3) is 2.54. The molecule has 8 heteroatoms. The maximum absolute atomic E-state index is 5.87. The highest BCUT2D eigenvalue weighted by molar-refractivity contribution is 7.29. The maximum atomic E-state index is 5.87. The number of thiazole rings is 2. The zero-order valence-electron chi connectivity index (χ0n) is 14.1. The van der Waals surface area contributed by atoms with E-state index in [-0.39, 0.29) is 0 Å². The Labute approximate surface area is 165 Å². The molecule has 6 aromatic rings. The number of nitrogens with zero attached hydrogens (tertiary/aromatic N) is 2. The molecule has 0 aliphatic heterocycles. The van der Waals surface area contributed by atoms with E-state index in [1.54, 1.807) is 12.5 Å². The van der Waals surface area contributed by atoms with E-state index in [1.807, 2.05) is 48.5 Å². The lowest BCUT2D eigenvalue weighted by Gasteiger charge is -1.91. The molecule has 0 atom stereocenters. The predicted molar refractivity (Wildman–Crippen MR) is 106 cm³/mol. The van der Waals surface area contributed by atoms with Crippen molar-refractivity contribution in [3.8, 4) is 44.6 Å². The first-order valence-corrected chi connectivity index (χ1v) is 10.0. The van der Waals surface area contributed by atoms with Gasteiger partial charge in [-0.3, -0.25) is 0 Å². The average Bonchev–Trinajstić information content (AvgIpc) is 3.54. The molecule has 6 rings (SSSR count). The summed E-state index contributed by atoms with van der Waals surface area (Å²) in [6.45, 7) is 0. The summed E-state index contributed by atoms with van der Waals surface area (Å²) in [5.41, 5.74) is 0. The van der Waals surface area contributed by atoms with Gasteiger partial charge in [0.25, 0.3) is 0 Å². The van der Waals surface area contributed by atoms with E-state index in [0.717, 1.165) is 19.7 Å². The van der Waals surface area contributed by atoms with Crippen LogP contribution in [0.5, 0.6) is 0 Å². The molecule has 0 unspecified atom stereocenters. The van der Waals surface area contributed by atoms with E-state index in [1.165, 1.54) is 22.7 Å². The molecule has 0 radical (unpaired) electrons. The number of furan rings is 4. The van der Waals surface area contributed by atoms with Crippen LogP contribution in [0.25, 0.3) is 54.2 Å². The van der Waals surface area contributed by atoms with Crippen LogP contribution in [0.4, 0.5) is 0 Å². The van der Waals surface area contributed by atoms with Crippen molar-refractivity contribution in [2.75, 3.05) is 0 Å². The van der Waals surface area contributed by atoms with Gasteiger partial charge in [-0.2, -0.15) is 0 Å².